The molecule has 0 heterocycles. The lowest BCUT2D eigenvalue weighted by Crippen LogP contribution is -2.12. The van der Waals surface area contributed by atoms with E-state index in [1.807, 2.05) is 0 Å². The summed E-state index contributed by atoms with van der Waals surface area (Å²) in [5.41, 5.74) is 21.8. The topological polar surface area (TPSA) is 0 Å². The molecule has 4 aliphatic carbocycles. The standard InChI is InChI=1S/C35H22/c1-4-10-24-21(8-1)18-30-27(24)15-16-28-33-26-12-6-3-9-22(26)19-31(33)35-29(34(28)30)14-13-23-17-20-7-2-5-11-25(20)32(23)35/h1-16,19,33H,17-18H2. The second kappa shape index (κ2) is 6.29. The number of hydrogen-bond donors (Lipinski definition) is 0. The van der Waals surface area contributed by atoms with E-state index in [-0.39, 0.29) is 0 Å². The van der Waals surface area contributed by atoms with Crippen molar-refractivity contribution in [3.8, 4) is 33.4 Å². The molecule has 9 rings (SSSR count). The van der Waals surface area contributed by atoms with Crippen LogP contribution in [0.25, 0.3) is 45.0 Å². The Morgan fingerprint density at radius 2 is 1.20 bits per heavy atom. The molecule has 0 heteroatoms. The lowest BCUT2D eigenvalue weighted by atomic mass is 9.70. The van der Waals surface area contributed by atoms with E-state index >= 15 is 0 Å². The normalized spacial score (nSPS) is 16.8. The highest BCUT2D eigenvalue weighted by Crippen LogP contribution is 2.60. The first-order valence-electron chi connectivity index (χ1n) is 12.7. The summed E-state index contributed by atoms with van der Waals surface area (Å²) in [7, 11) is 0. The fourth-order valence-corrected chi connectivity index (χ4v) is 7.40. The van der Waals surface area contributed by atoms with Crippen molar-refractivity contribution in [2.24, 2.45) is 0 Å². The van der Waals surface area contributed by atoms with E-state index in [1.54, 1.807) is 0 Å². The van der Waals surface area contributed by atoms with Gasteiger partial charge < -0.3 is 0 Å². The van der Waals surface area contributed by atoms with Crippen LogP contribution in [0.3, 0.4) is 0 Å². The van der Waals surface area contributed by atoms with Gasteiger partial charge in [-0.1, -0.05) is 97.1 Å². The fraction of sp³-hybridized carbons (Fsp3) is 0.0857. The summed E-state index contributed by atoms with van der Waals surface area (Å²) in [5, 5.41) is 0. The van der Waals surface area contributed by atoms with E-state index in [4.69, 9.17) is 0 Å². The minimum atomic E-state index is 0.307. The van der Waals surface area contributed by atoms with Gasteiger partial charge in [0.1, 0.15) is 0 Å². The van der Waals surface area contributed by atoms with Crippen molar-refractivity contribution in [2.45, 2.75) is 18.8 Å². The molecule has 4 aliphatic rings. The molecule has 0 aromatic heterocycles. The molecule has 0 saturated heterocycles. The Morgan fingerprint density at radius 1 is 0.457 bits per heavy atom. The number of allylic oxidation sites excluding steroid dienone is 1. The lowest BCUT2D eigenvalue weighted by molar-refractivity contribution is 1.04. The van der Waals surface area contributed by atoms with Crippen LogP contribution in [0.5, 0.6) is 0 Å². The van der Waals surface area contributed by atoms with Gasteiger partial charge in [0.2, 0.25) is 0 Å². The Balaban J connectivity index is 1.42. The van der Waals surface area contributed by atoms with Gasteiger partial charge in [-0.05, 0) is 102 Å². The van der Waals surface area contributed by atoms with Gasteiger partial charge in [0.25, 0.3) is 0 Å². The van der Waals surface area contributed by atoms with Gasteiger partial charge in [0.05, 0.1) is 0 Å². The van der Waals surface area contributed by atoms with E-state index < -0.39 is 0 Å². The van der Waals surface area contributed by atoms with Crippen molar-refractivity contribution in [1.29, 1.82) is 0 Å². The van der Waals surface area contributed by atoms with Crippen LogP contribution >= 0.6 is 0 Å². The molecule has 0 aliphatic heterocycles. The quantitative estimate of drug-likeness (QED) is 0.221. The van der Waals surface area contributed by atoms with Crippen LogP contribution in [0.1, 0.15) is 50.4 Å². The summed E-state index contributed by atoms with van der Waals surface area (Å²) in [5.74, 6) is 0.307. The van der Waals surface area contributed by atoms with Crippen LogP contribution in [0, 0.1) is 0 Å². The second-order valence-electron chi connectivity index (χ2n) is 10.4. The minimum absolute atomic E-state index is 0.307. The smallest absolute Gasteiger partial charge is 0.0358 e. The Labute approximate surface area is 205 Å². The van der Waals surface area contributed by atoms with Gasteiger partial charge in [-0.25, -0.2) is 0 Å². The Hall–Kier alpha value is -4.16. The fourth-order valence-electron chi connectivity index (χ4n) is 7.40. The van der Waals surface area contributed by atoms with Crippen molar-refractivity contribution in [3.63, 3.8) is 0 Å². The molecule has 5 aromatic carbocycles. The van der Waals surface area contributed by atoms with E-state index in [1.165, 1.54) is 83.5 Å². The maximum atomic E-state index is 2.48. The van der Waals surface area contributed by atoms with E-state index in [9.17, 15) is 0 Å². The van der Waals surface area contributed by atoms with E-state index in [0.717, 1.165) is 12.8 Å². The monoisotopic (exact) mass is 442 g/mol. The molecule has 1 atom stereocenters. The molecule has 0 amide bonds. The molecule has 0 N–H and O–H groups in total. The first-order valence-corrected chi connectivity index (χ1v) is 12.7. The highest BCUT2D eigenvalue weighted by molar-refractivity contribution is 6.09. The number of benzene rings is 5. The molecule has 0 bridgehead atoms. The molecular weight excluding hydrogens is 420 g/mol. The summed E-state index contributed by atoms with van der Waals surface area (Å²) in [4.78, 5) is 0. The predicted molar refractivity (Wildman–Crippen MR) is 145 cm³/mol. The van der Waals surface area contributed by atoms with E-state index in [2.05, 4.69) is 103 Å². The largest absolute Gasteiger partial charge is 0.0619 e. The molecule has 0 saturated carbocycles. The van der Waals surface area contributed by atoms with Crippen molar-refractivity contribution in [1.82, 2.24) is 0 Å². The van der Waals surface area contributed by atoms with Gasteiger partial charge in [0, 0.05) is 5.92 Å². The molecule has 5 aromatic rings. The molecular formula is C35H22. The summed E-state index contributed by atoms with van der Waals surface area (Å²) in [6.07, 6.45) is 4.54. The first kappa shape index (κ1) is 18.2. The summed E-state index contributed by atoms with van der Waals surface area (Å²) in [6, 6.07) is 36.7. The van der Waals surface area contributed by atoms with Crippen molar-refractivity contribution >= 4 is 11.6 Å². The van der Waals surface area contributed by atoms with Crippen LogP contribution in [0.15, 0.2) is 97.1 Å². The Morgan fingerprint density at radius 3 is 2.11 bits per heavy atom. The van der Waals surface area contributed by atoms with Gasteiger partial charge >= 0.3 is 0 Å². The van der Waals surface area contributed by atoms with Gasteiger partial charge in [-0.2, -0.15) is 0 Å². The van der Waals surface area contributed by atoms with Crippen LogP contribution in [0.2, 0.25) is 0 Å². The molecule has 1 unspecified atom stereocenters. The van der Waals surface area contributed by atoms with E-state index in [0.29, 0.717) is 5.92 Å². The number of fused-ring (bicyclic) bond motifs is 16. The van der Waals surface area contributed by atoms with Gasteiger partial charge in [0.15, 0.2) is 0 Å². The molecule has 0 fully saturated rings. The average molecular weight is 443 g/mol. The SMILES string of the molecule is C1=C2c3c(ccc4c3-c3ccccc3C4)-c3c(ccc4c3Cc3ccccc3-4)C2c2ccccc21. The van der Waals surface area contributed by atoms with Gasteiger partial charge in [-0.3, -0.25) is 0 Å². The number of rotatable bonds is 0. The highest BCUT2D eigenvalue weighted by atomic mass is 14.4. The zero-order chi connectivity index (χ0) is 22.7. The third-order valence-corrected chi connectivity index (χ3v) is 8.78. The van der Waals surface area contributed by atoms with Crippen LogP contribution < -0.4 is 0 Å². The first-order chi connectivity index (χ1) is 17.4. The van der Waals surface area contributed by atoms with Crippen LogP contribution in [-0.4, -0.2) is 0 Å². The second-order valence-corrected chi connectivity index (χ2v) is 10.4. The summed E-state index contributed by atoms with van der Waals surface area (Å²) < 4.78 is 0. The molecule has 0 radical (unpaired) electrons. The Kier molecular flexibility index (Phi) is 3.27. The maximum absolute atomic E-state index is 2.48. The van der Waals surface area contributed by atoms with Crippen LogP contribution in [0.4, 0.5) is 0 Å². The molecule has 0 nitrogen and oxygen atoms in total. The minimum Gasteiger partial charge on any atom is -0.0619 e. The third kappa shape index (κ3) is 2.19. The molecule has 0 spiro atoms. The average Bonchev–Trinajstić information content (AvgIpc) is 3.59. The third-order valence-electron chi connectivity index (χ3n) is 8.78. The van der Waals surface area contributed by atoms with Crippen LogP contribution in [-0.2, 0) is 12.8 Å². The number of hydrogen-bond acceptors (Lipinski definition) is 0. The van der Waals surface area contributed by atoms with Gasteiger partial charge in [-0.15, -0.1) is 0 Å². The predicted octanol–water partition coefficient (Wildman–Crippen LogP) is 8.50. The summed E-state index contributed by atoms with van der Waals surface area (Å²) in [6.45, 7) is 0. The molecule has 35 heavy (non-hydrogen) atoms. The van der Waals surface area contributed by atoms with Crippen molar-refractivity contribution < 1.29 is 0 Å². The van der Waals surface area contributed by atoms with Crippen molar-refractivity contribution in [2.75, 3.05) is 0 Å². The lowest BCUT2D eigenvalue weighted by Gasteiger charge is -2.32. The van der Waals surface area contributed by atoms with Crippen molar-refractivity contribution in [3.05, 3.63) is 142 Å². The highest BCUT2D eigenvalue weighted by Gasteiger charge is 2.40. The Bertz CT molecular complexity index is 1800. The zero-order valence-corrected chi connectivity index (χ0v) is 19.3. The molecule has 162 valence electrons. The summed E-state index contributed by atoms with van der Waals surface area (Å²) >= 11 is 0. The zero-order valence-electron chi connectivity index (χ0n) is 19.3. The maximum Gasteiger partial charge on any atom is 0.0358 e.